The fraction of sp³-hybridized carbons (Fsp3) is 0.444. The highest BCUT2D eigenvalue weighted by molar-refractivity contribution is 6.11. The maximum absolute atomic E-state index is 13.8. The van der Waals surface area contributed by atoms with Crippen LogP contribution >= 0.6 is 0 Å². The number of likely N-dealkylation sites (N-methyl/N-ethyl adjacent to an activating group) is 1. The van der Waals surface area contributed by atoms with E-state index in [1.165, 1.54) is 17.0 Å². The van der Waals surface area contributed by atoms with Gasteiger partial charge in [-0.2, -0.15) is 0 Å². The molecular formula is C27H33FN4O3. The molecule has 0 aliphatic carbocycles. The molecule has 2 aromatic carbocycles. The van der Waals surface area contributed by atoms with Gasteiger partial charge in [-0.1, -0.05) is 24.3 Å². The van der Waals surface area contributed by atoms with E-state index in [1.807, 2.05) is 50.2 Å². The SMILES string of the molecule is Cc1ccccc1C1(CC(=O)N2CCN(c3ccc(F)cc3)CC2)CC(=O)N(CCN(C)C)C1=O. The van der Waals surface area contributed by atoms with Gasteiger partial charge in [-0.15, -0.1) is 0 Å². The molecule has 8 heteroatoms. The Morgan fingerprint density at radius 3 is 2.29 bits per heavy atom. The molecule has 0 N–H and O–H groups in total. The number of benzene rings is 2. The van der Waals surface area contributed by atoms with Crippen LogP contribution in [0.25, 0.3) is 0 Å². The number of carbonyl (C=O) groups excluding carboxylic acids is 3. The standard InChI is InChI=1S/C27H33FN4O3/c1-20-6-4-5-7-23(20)27(19-25(34)32(26(27)35)17-12-29(2)3)18-24(33)31-15-13-30(14-16-31)22-10-8-21(28)9-11-22/h4-11H,12-19H2,1-3H3. The number of anilines is 1. The van der Waals surface area contributed by atoms with Crippen molar-refractivity contribution in [2.75, 3.05) is 58.3 Å². The Morgan fingerprint density at radius 2 is 1.66 bits per heavy atom. The molecule has 0 saturated carbocycles. The highest BCUT2D eigenvalue weighted by Crippen LogP contribution is 2.41. The van der Waals surface area contributed by atoms with Gasteiger partial charge in [0.05, 0.1) is 5.41 Å². The van der Waals surface area contributed by atoms with Crippen molar-refractivity contribution >= 4 is 23.4 Å². The first-order valence-corrected chi connectivity index (χ1v) is 12.1. The Balaban J connectivity index is 1.53. The largest absolute Gasteiger partial charge is 0.368 e. The van der Waals surface area contributed by atoms with E-state index in [9.17, 15) is 18.8 Å². The molecule has 2 aliphatic heterocycles. The summed E-state index contributed by atoms with van der Waals surface area (Å²) in [6, 6.07) is 13.9. The average Bonchev–Trinajstić information content (AvgIpc) is 3.07. The second-order valence-electron chi connectivity index (χ2n) is 9.75. The maximum Gasteiger partial charge on any atom is 0.240 e. The van der Waals surface area contributed by atoms with Crippen molar-refractivity contribution in [2.45, 2.75) is 25.2 Å². The third kappa shape index (κ3) is 5.07. The molecule has 7 nitrogen and oxygen atoms in total. The van der Waals surface area contributed by atoms with Gasteiger partial charge in [0.25, 0.3) is 0 Å². The van der Waals surface area contributed by atoms with Gasteiger partial charge in [-0.3, -0.25) is 19.3 Å². The van der Waals surface area contributed by atoms with Gasteiger partial charge in [0.1, 0.15) is 5.82 Å². The van der Waals surface area contributed by atoms with Crippen LogP contribution in [0.4, 0.5) is 10.1 Å². The zero-order valence-corrected chi connectivity index (χ0v) is 20.7. The molecule has 2 aliphatic rings. The van der Waals surface area contributed by atoms with Crippen LogP contribution in [0.5, 0.6) is 0 Å². The van der Waals surface area contributed by atoms with Crippen molar-refractivity contribution in [3.05, 3.63) is 65.5 Å². The van der Waals surface area contributed by atoms with Gasteiger partial charge in [-0.05, 0) is 56.4 Å². The normalized spacial score (nSPS) is 20.8. The fourth-order valence-electron chi connectivity index (χ4n) is 5.12. The van der Waals surface area contributed by atoms with Crippen LogP contribution in [0.15, 0.2) is 48.5 Å². The van der Waals surface area contributed by atoms with E-state index in [4.69, 9.17) is 0 Å². The molecule has 1 unspecified atom stereocenters. The number of imide groups is 1. The minimum Gasteiger partial charge on any atom is -0.368 e. The van der Waals surface area contributed by atoms with E-state index in [1.54, 1.807) is 17.0 Å². The molecule has 186 valence electrons. The summed E-state index contributed by atoms with van der Waals surface area (Å²) < 4.78 is 13.3. The molecule has 2 heterocycles. The summed E-state index contributed by atoms with van der Waals surface area (Å²) in [5.74, 6) is -0.909. The van der Waals surface area contributed by atoms with Crippen LogP contribution in [0.3, 0.4) is 0 Å². The van der Waals surface area contributed by atoms with E-state index in [2.05, 4.69) is 4.90 Å². The zero-order valence-electron chi connectivity index (χ0n) is 20.7. The first-order chi connectivity index (χ1) is 16.7. The van der Waals surface area contributed by atoms with E-state index in [0.29, 0.717) is 39.3 Å². The molecule has 2 saturated heterocycles. The van der Waals surface area contributed by atoms with Gasteiger partial charge in [0.2, 0.25) is 17.7 Å². The van der Waals surface area contributed by atoms with Gasteiger partial charge >= 0.3 is 0 Å². The number of carbonyl (C=O) groups is 3. The molecule has 2 fully saturated rings. The Morgan fingerprint density at radius 1 is 1.00 bits per heavy atom. The van der Waals surface area contributed by atoms with Crippen molar-refractivity contribution < 1.29 is 18.8 Å². The zero-order chi connectivity index (χ0) is 25.2. The second-order valence-corrected chi connectivity index (χ2v) is 9.75. The summed E-state index contributed by atoms with van der Waals surface area (Å²) in [4.78, 5) is 47.4. The molecular weight excluding hydrogens is 447 g/mol. The first-order valence-electron chi connectivity index (χ1n) is 12.1. The van der Waals surface area contributed by atoms with E-state index >= 15 is 0 Å². The molecule has 4 rings (SSSR count). The smallest absolute Gasteiger partial charge is 0.240 e. The lowest BCUT2D eigenvalue weighted by Crippen LogP contribution is -2.51. The lowest BCUT2D eigenvalue weighted by molar-refractivity contribution is -0.143. The van der Waals surface area contributed by atoms with Crippen molar-refractivity contribution in [3.63, 3.8) is 0 Å². The van der Waals surface area contributed by atoms with E-state index < -0.39 is 5.41 Å². The quantitative estimate of drug-likeness (QED) is 0.570. The average molecular weight is 481 g/mol. The van der Waals surface area contributed by atoms with Gasteiger partial charge in [-0.25, -0.2) is 4.39 Å². The van der Waals surface area contributed by atoms with E-state index in [0.717, 1.165) is 16.8 Å². The van der Waals surface area contributed by atoms with Crippen LogP contribution in [-0.2, 0) is 19.8 Å². The predicted octanol–water partition coefficient (Wildman–Crippen LogP) is 2.43. The summed E-state index contributed by atoms with van der Waals surface area (Å²) >= 11 is 0. The number of hydrogen-bond acceptors (Lipinski definition) is 5. The van der Waals surface area contributed by atoms with Crippen LogP contribution in [0.1, 0.15) is 24.0 Å². The Labute approximate surface area is 206 Å². The van der Waals surface area contributed by atoms with Crippen molar-refractivity contribution in [3.8, 4) is 0 Å². The molecule has 0 radical (unpaired) electrons. The number of hydrogen-bond donors (Lipinski definition) is 0. The highest BCUT2D eigenvalue weighted by Gasteiger charge is 2.54. The molecule has 35 heavy (non-hydrogen) atoms. The highest BCUT2D eigenvalue weighted by atomic mass is 19.1. The second kappa shape index (κ2) is 10.2. The molecule has 0 bridgehead atoms. The molecule has 0 aromatic heterocycles. The molecule has 2 aromatic rings. The lowest BCUT2D eigenvalue weighted by Gasteiger charge is -2.38. The predicted molar refractivity (Wildman–Crippen MR) is 133 cm³/mol. The van der Waals surface area contributed by atoms with Crippen LogP contribution < -0.4 is 4.90 Å². The number of amides is 3. The number of nitrogens with zero attached hydrogens (tertiary/aromatic N) is 4. The van der Waals surface area contributed by atoms with Gasteiger partial charge in [0, 0.05) is 57.8 Å². The van der Waals surface area contributed by atoms with Crippen molar-refractivity contribution in [2.24, 2.45) is 0 Å². The lowest BCUT2D eigenvalue weighted by atomic mass is 9.74. The summed E-state index contributed by atoms with van der Waals surface area (Å²) in [5, 5.41) is 0. The third-order valence-electron chi connectivity index (χ3n) is 7.12. The maximum atomic E-state index is 13.8. The first kappa shape index (κ1) is 24.9. The number of rotatable bonds is 7. The summed E-state index contributed by atoms with van der Waals surface area (Å²) in [5.41, 5.74) is 1.39. The third-order valence-corrected chi connectivity index (χ3v) is 7.12. The Bertz CT molecular complexity index is 1100. The number of aryl methyl sites for hydroxylation is 1. The number of piperazine rings is 1. The topological polar surface area (TPSA) is 64.2 Å². The molecule has 3 amide bonds. The summed E-state index contributed by atoms with van der Waals surface area (Å²) in [7, 11) is 3.80. The van der Waals surface area contributed by atoms with Crippen molar-refractivity contribution in [1.82, 2.24) is 14.7 Å². The van der Waals surface area contributed by atoms with Gasteiger partial charge < -0.3 is 14.7 Å². The summed E-state index contributed by atoms with van der Waals surface area (Å²) in [6.45, 7) is 5.05. The van der Waals surface area contributed by atoms with Gasteiger partial charge in [0.15, 0.2) is 0 Å². The monoisotopic (exact) mass is 480 g/mol. The molecule has 1 atom stereocenters. The Hall–Kier alpha value is -3.26. The van der Waals surface area contributed by atoms with Crippen LogP contribution in [0.2, 0.25) is 0 Å². The summed E-state index contributed by atoms with van der Waals surface area (Å²) in [6.07, 6.45) is -0.0250. The number of likely N-dealkylation sites (tertiary alicyclic amines) is 1. The minimum absolute atomic E-state index is 0.00536. The minimum atomic E-state index is -1.18. The van der Waals surface area contributed by atoms with Crippen LogP contribution in [0, 0.1) is 12.7 Å². The number of halogens is 1. The molecule has 0 spiro atoms. The fourth-order valence-corrected chi connectivity index (χ4v) is 5.12. The van der Waals surface area contributed by atoms with Crippen LogP contribution in [-0.4, -0.2) is 85.8 Å². The van der Waals surface area contributed by atoms with Crippen molar-refractivity contribution in [1.29, 1.82) is 0 Å². The Kier molecular flexibility index (Phi) is 7.21. The van der Waals surface area contributed by atoms with E-state index in [-0.39, 0.29) is 36.4 Å².